The molecule has 0 fully saturated rings. The maximum Gasteiger partial charge on any atom is 0.271 e. The zero-order chi connectivity index (χ0) is 27.8. The number of hydrazone groups is 1. The van der Waals surface area contributed by atoms with Gasteiger partial charge in [-0.15, -0.1) is 0 Å². The summed E-state index contributed by atoms with van der Waals surface area (Å²) in [6.07, 6.45) is 1.76. The van der Waals surface area contributed by atoms with Crippen LogP contribution in [0.3, 0.4) is 0 Å². The lowest BCUT2D eigenvalue weighted by Crippen LogP contribution is -2.47. The highest BCUT2D eigenvalue weighted by atomic mass is 35.5. The fraction of sp³-hybridized carbons (Fsp3) is 0.103. The SMILES string of the molecule is NC(=O)[C@@H](Cc1ccccc1)NC(=O)COc1ccc(/C=N/NC(=O)c2ccc(O)c(Cl)c2)c2ccccc12. The van der Waals surface area contributed by atoms with Gasteiger partial charge < -0.3 is 20.9 Å². The molecule has 198 valence electrons. The average molecular weight is 545 g/mol. The average Bonchev–Trinajstić information content (AvgIpc) is 2.94. The molecule has 3 amide bonds. The number of rotatable bonds is 10. The molecule has 4 rings (SSSR count). The number of aromatic hydroxyl groups is 1. The second-order valence-corrected chi connectivity index (χ2v) is 8.97. The number of primary amides is 1. The minimum atomic E-state index is -0.869. The van der Waals surface area contributed by atoms with E-state index >= 15 is 0 Å². The quantitative estimate of drug-likeness (QED) is 0.178. The number of fused-ring (bicyclic) bond motifs is 1. The minimum Gasteiger partial charge on any atom is -0.506 e. The predicted molar refractivity (Wildman–Crippen MR) is 149 cm³/mol. The molecule has 1 atom stereocenters. The summed E-state index contributed by atoms with van der Waals surface area (Å²) >= 11 is 5.86. The Balaban J connectivity index is 1.41. The van der Waals surface area contributed by atoms with E-state index < -0.39 is 23.8 Å². The number of amides is 3. The molecule has 0 heterocycles. The lowest BCUT2D eigenvalue weighted by Gasteiger charge is -2.16. The Morgan fingerprint density at radius 1 is 0.974 bits per heavy atom. The van der Waals surface area contributed by atoms with Crippen molar-refractivity contribution in [3.8, 4) is 11.5 Å². The number of nitrogens with zero attached hydrogens (tertiary/aromatic N) is 1. The molecule has 5 N–H and O–H groups in total. The van der Waals surface area contributed by atoms with Crippen molar-refractivity contribution in [1.82, 2.24) is 10.7 Å². The van der Waals surface area contributed by atoms with E-state index in [2.05, 4.69) is 15.8 Å². The van der Waals surface area contributed by atoms with Gasteiger partial charge in [0.15, 0.2) is 6.61 Å². The Kier molecular flexibility index (Phi) is 8.75. The van der Waals surface area contributed by atoms with Gasteiger partial charge in [0, 0.05) is 22.9 Å². The number of halogens is 1. The van der Waals surface area contributed by atoms with Crippen molar-refractivity contribution in [1.29, 1.82) is 0 Å². The summed E-state index contributed by atoms with van der Waals surface area (Å²) < 4.78 is 5.78. The Hall–Kier alpha value is -4.89. The lowest BCUT2D eigenvalue weighted by molar-refractivity contribution is -0.128. The van der Waals surface area contributed by atoms with Gasteiger partial charge in [0.05, 0.1) is 11.2 Å². The van der Waals surface area contributed by atoms with Gasteiger partial charge in [-0.25, -0.2) is 5.43 Å². The smallest absolute Gasteiger partial charge is 0.271 e. The van der Waals surface area contributed by atoms with E-state index in [0.29, 0.717) is 11.3 Å². The third kappa shape index (κ3) is 7.12. The Morgan fingerprint density at radius 2 is 1.69 bits per heavy atom. The standard InChI is InChI=1S/C29H25ClN4O5/c30-23-15-19(10-12-25(23)35)29(38)34-32-16-20-11-13-26(22-9-5-4-8-21(20)22)39-17-27(36)33-24(28(31)37)14-18-6-2-1-3-7-18/h1-13,15-16,24,35H,14,17H2,(H2,31,37)(H,33,36)(H,34,38)/b32-16+/t24-/m1/s1. The molecule has 0 spiro atoms. The van der Waals surface area contributed by atoms with Crippen LogP contribution >= 0.6 is 11.6 Å². The van der Waals surface area contributed by atoms with Gasteiger partial charge in [-0.1, -0.05) is 66.2 Å². The van der Waals surface area contributed by atoms with E-state index in [1.54, 1.807) is 12.1 Å². The van der Waals surface area contributed by atoms with Crippen molar-refractivity contribution in [2.24, 2.45) is 10.8 Å². The number of carbonyl (C=O) groups excluding carboxylic acids is 3. The first-order valence-electron chi connectivity index (χ1n) is 11.9. The van der Waals surface area contributed by atoms with Crippen LogP contribution < -0.4 is 21.2 Å². The third-order valence-corrected chi connectivity index (χ3v) is 6.12. The number of hydrogen-bond acceptors (Lipinski definition) is 6. The van der Waals surface area contributed by atoms with Crippen LogP contribution in [0.25, 0.3) is 10.8 Å². The van der Waals surface area contributed by atoms with Gasteiger partial charge in [0.2, 0.25) is 5.91 Å². The zero-order valence-corrected chi connectivity index (χ0v) is 21.4. The first-order valence-corrected chi connectivity index (χ1v) is 12.3. The summed E-state index contributed by atoms with van der Waals surface area (Å²) in [4.78, 5) is 36.8. The summed E-state index contributed by atoms with van der Waals surface area (Å²) in [6, 6.07) is 23.3. The number of hydrogen-bond donors (Lipinski definition) is 4. The molecule has 0 aliphatic heterocycles. The molecule has 0 saturated carbocycles. The van der Waals surface area contributed by atoms with Crippen LogP contribution in [-0.2, 0) is 16.0 Å². The van der Waals surface area contributed by atoms with Crippen molar-refractivity contribution in [3.05, 3.63) is 107 Å². The number of phenols is 1. The Bertz CT molecular complexity index is 1540. The van der Waals surface area contributed by atoms with E-state index in [-0.39, 0.29) is 29.4 Å². The fourth-order valence-electron chi connectivity index (χ4n) is 3.86. The number of ether oxygens (including phenoxy) is 1. The molecule has 4 aromatic rings. The minimum absolute atomic E-state index is 0.0586. The maximum absolute atomic E-state index is 12.6. The van der Waals surface area contributed by atoms with Crippen LogP contribution in [0.1, 0.15) is 21.5 Å². The molecule has 4 aromatic carbocycles. The molecule has 9 nitrogen and oxygen atoms in total. The molecule has 0 aromatic heterocycles. The highest BCUT2D eigenvalue weighted by Gasteiger charge is 2.19. The summed E-state index contributed by atoms with van der Waals surface area (Å²) in [5, 5.41) is 17.7. The van der Waals surface area contributed by atoms with E-state index in [1.165, 1.54) is 24.4 Å². The molecule has 39 heavy (non-hydrogen) atoms. The van der Waals surface area contributed by atoms with Crippen LogP contribution in [0, 0.1) is 0 Å². The van der Waals surface area contributed by atoms with Crippen LogP contribution in [0.4, 0.5) is 0 Å². The highest BCUT2D eigenvalue weighted by molar-refractivity contribution is 6.32. The van der Waals surface area contributed by atoms with Crippen LogP contribution in [0.2, 0.25) is 5.02 Å². The van der Waals surface area contributed by atoms with Crippen molar-refractivity contribution in [3.63, 3.8) is 0 Å². The van der Waals surface area contributed by atoms with Gasteiger partial charge >= 0.3 is 0 Å². The fourth-order valence-corrected chi connectivity index (χ4v) is 4.04. The molecule has 0 bridgehead atoms. The van der Waals surface area contributed by atoms with E-state index in [0.717, 1.165) is 16.3 Å². The largest absolute Gasteiger partial charge is 0.506 e. The van der Waals surface area contributed by atoms with Crippen LogP contribution in [0.5, 0.6) is 11.5 Å². The highest BCUT2D eigenvalue weighted by Crippen LogP contribution is 2.28. The third-order valence-electron chi connectivity index (χ3n) is 5.82. The summed E-state index contributed by atoms with van der Waals surface area (Å²) in [5.41, 5.74) is 9.72. The number of benzene rings is 4. The van der Waals surface area contributed by atoms with E-state index in [4.69, 9.17) is 22.1 Å². The normalized spacial score (nSPS) is 11.7. The summed E-state index contributed by atoms with van der Waals surface area (Å²) in [5.74, 6) is -1.28. The molecule has 0 unspecified atom stereocenters. The number of carbonyl (C=O) groups is 3. The molecule has 10 heteroatoms. The van der Waals surface area contributed by atoms with Gasteiger partial charge in [0.25, 0.3) is 11.8 Å². The molecule has 0 aliphatic carbocycles. The summed E-state index contributed by atoms with van der Waals surface area (Å²) in [6.45, 7) is -0.318. The van der Waals surface area contributed by atoms with Gasteiger partial charge in [-0.3, -0.25) is 14.4 Å². The van der Waals surface area contributed by atoms with Crippen molar-refractivity contribution < 1.29 is 24.2 Å². The van der Waals surface area contributed by atoms with Crippen LogP contribution in [-0.4, -0.2) is 41.7 Å². The first kappa shape index (κ1) is 27.2. The van der Waals surface area contributed by atoms with Gasteiger partial charge in [0.1, 0.15) is 17.5 Å². The first-order chi connectivity index (χ1) is 18.8. The second kappa shape index (κ2) is 12.6. The van der Waals surface area contributed by atoms with E-state index in [1.807, 2.05) is 54.6 Å². The monoisotopic (exact) mass is 544 g/mol. The number of nitrogens with two attached hydrogens (primary N) is 1. The zero-order valence-electron chi connectivity index (χ0n) is 20.6. The second-order valence-electron chi connectivity index (χ2n) is 8.56. The number of phenolic OH excluding ortho intramolecular Hbond substituents is 1. The van der Waals surface area contributed by atoms with Crippen molar-refractivity contribution >= 4 is 46.3 Å². The number of nitrogens with one attached hydrogen (secondary N) is 2. The Labute approximate surface area is 229 Å². The van der Waals surface area contributed by atoms with Crippen LogP contribution in [0.15, 0.2) is 90.0 Å². The molecule has 0 saturated heterocycles. The Morgan fingerprint density at radius 3 is 2.41 bits per heavy atom. The predicted octanol–water partition coefficient (Wildman–Crippen LogP) is 3.55. The molecule has 0 aliphatic rings. The topological polar surface area (TPSA) is 143 Å². The van der Waals surface area contributed by atoms with Crippen molar-refractivity contribution in [2.75, 3.05) is 6.61 Å². The molecular formula is C29H25ClN4O5. The maximum atomic E-state index is 12.6. The molecule has 0 radical (unpaired) electrons. The van der Waals surface area contributed by atoms with E-state index in [9.17, 15) is 19.5 Å². The molecular weight excluding hydrogens is 520 g/mol. The summed E-state index contributed by atoms with van der Waals surface area (Å²) in [7, 11) is 0. The van der Waals surface area contributed by atoms with Gasteiger partial charge in [-0.05, 0) is 41.3 Å². The van der Waals surface area contributed by atoms with Gasteiger partial charge in [-0.2, -0.15) is 5.10 Å². The lowest BCUT2D eigenvalue weighted by atomic mass is 10.0. The van der Waals surface area contributed by atoms with Crippen molar-refractivity contribution in [2.45, 2.75) is 12.5 Å².